The third kappa shape index (κ3) is 2.36. The summed E-state index contributed by atoms with van der Waals surface area (Å²) in [6.45, 7) is 11.4. The minimum atomic E-state index is 0.216. The van der Waals surface area contributed by atoms with Crippen molar-refractivity contribution in [1.29, 1.82) is 0 Å². The normalized spacial score (nSPS) is 12.4. The van der Waals surface area contributed by atoms with Crippen molar-refractivity contribution in [2.24, 2.45) is 0 Å². The molecule has 2 aromatic rings. The largest absolute Gasteiger partial charge is 0.0616 e. The molecule has 0 aliphatic heterocycles. The summed E-state index contributed by atoms with van der Waals surface area (Å²) in [7, 11) is 0. The lowest BCUT2D eigenvalue weighted by Gasteiger charge is -2.22. The highest BCUT2D eigenvalue weighted by Crippen LogP contribution is 2.32. The molecule has 0 radical (unpaired) electrons. The van der Waals surface area contributed by atoms with E-state index < -0.39 is 0 Å². The van der Waals surface area contributed by atoms with E-state index in [-0.39, 0.29) is 5.41 Å². The number of hydrogen-bond donors (Lipinski definition) is 0. The molecule has 0 saturated heterocycles. The van der Waals surface area contributed by atoms with Crippen molar-refractivity contribution >= 4 is 10.8 Å². The molecule has 0 aliphatic carbocycles. The van der Waals surface area contributed by atoms with Crippen LogP contribution >= 0.6 is 0 Å². The summed E-state index contributed by atoms with van der Waals surface area (Å²) in [4.78, 5) is 0. The van der Waals surface area contributed by atoms with E-state index in [1.165, 1.54) is 21.9 Å². The molecule has 0 unspecified atom stereocenters. The van der Waals surface area contributed by atoms with Crippen molar-refractivity contribution in [3.05, 3.63) is 47.5 Å². The zero-order valence-corrected chi connectivity index (χ0v) is 11.5. The van der Waals surface area contributed by atoms with Gasteiger partial charge in [0.25, 0.3) is 0 Å². The van der Waals surface area contributed by atoms with Crippen molar-refractivity contribution < 1.29 is 0 Å². The minimum Gasteiger partial charge on any atom is -0.0616 e. The average Bonchev–Trinajstić information content (AvgIpc) is 2.26. The van der Waals surface area contributed by atoms with Crippen molar-refractivity contribution in [2.45, 2.75) is 46.0 Å². The summed E-state index contributed by atoms with van der Waals surface area (Å²) in [5.41, 5.74) is 3.11. The van der Waals surface area contributed by atoms with Gasteiger partial charge in [-0.1, -0.05) is 71.0 Å². The van der Waals surface area contributed by atoms with Crippen LogP contribution in [0.4, 0.5) is 0 Å². The summed E-state index contributed by atoms with van der Waals surface area (Å²) in [6, 6.07) is 13.4. The molecule has 0 aliphatic rings. The molecule has 0 spiro atoms. The number of rotatable bonds is 1. The van der Waals surface area contributed by atoms with Crippen LogP contribution in [0.25, 0.3) is 10.8 Å². The predicted molar refractivity (Wildman–Crippen MR) is 76.7 cm³/mol. The molecule has 2 aromatic carbocycles. The van der Waals surface area contributed by atoms with E-state index in [1.54, 1.807) is 0 Å². The Balaban J connectivity index is 2.76. The van der Waals surface area contributed by atoms with Gasteiger partial charge in [0.1, 0.15) is 0 Å². The first-order valence-corrected chi connectivity index (χ1v) is 6.43. The van der Waals surface area contributed by atoms with Crippen LogP contribution in [0.5, 0.6) is 0 Å². The van der Waals surface area contributed by atoms with Crippen molar-refractivity contribution in [3.8, 4) is 0 Å². The fraction of sp³-hybridized carbons (Fsp3) is 0.412. The maximum atomic E-state index is 2.38. The topological polar surface area (TPSA) is 0 Å². The first-order valence-electron chi connectivity index (χ1n) is 6.43. The van der Waals surface area contributed by atoms with Gasteiger partial charge in [-0.2, -0.15) is 0 Å². The highest BCUT2D eigenvalue weighted by molar-refractivity contribution is 5.87. The number of benzene rings is 2. The SMILES string of the molecule is CC(C)c1cc(C(C)(C)C)cc2ccccc12. The third-order valence-corrected chi connectivity index (χ3v) is 3.38. The Labute approximate surface area is 105 Å². The van der Waals surface area contributed by atoms with E-state index in [2.05, 4.69) is 71.0 Å². The zero-order chi connectivity index (χ0) is 12.6. The predicted octanol–water partition coefficient (Wildman–Crippen LogP) is 5.26. The van der Waals surface area contributed by atoms with Crippen LogP contribution in [0.2, 0.25) is 0 Å². The standard InChI is InChI=1S/C17H22/c1-12(2)16-11-14(17(3,4)5)10-13-8-6-7-9-15(13)16/h6-12H,1-5H3. The summed E-state index contributed by atoms with van der Waals surface area (Å²) in [6.07, 6.45) is 0. The van der Waals surface area contributed by atoms with Crippen LogP contribution in [0.1, 0.15) is 51.7 Å². The summed E-state index contributed by atoms with van der Waals surface area (Å²) < 4.78 is 0. The fourth-order valence-electron chi connectivity index (χ4n) is 2.25. The lowest BCUT2D eigenvalue weighted by atomic mass is 9.82. The molecule has 0 bridgehead atoms. The Hall–Kier alpha value is -1.30. The van der Waals surface area contributed by atoms with Crippen LogP contribution < -0.4 is 0 Å². The smallest absolute Gasteiger partial charge is 0.0132 e. The van der Waals surface area contributed by atoms with Gasteiger partial charge in [-0.15, -0.1) is 0 Å². The molecule has 0 heteroatoms. The van der Waals surface area contributed by atoms with Crippen LogP contribution in [0.3, 0.4) is 0 Å². The third-order valence-electron chi connectivity index (χ3n) is 3.38. The first kappa shape index (κ1) is 12.2. The van der Waals surface area contributed by atoms with E-state index in [1.807, 2.05) is 0 Å². The highest BCUT2D eigenvalue weighted by atomic mass is 14.2. The molecule has 0 heterocycles. The van der Waals surface area contributed by atoms with E-state index in [9.17, 15) is 0 Å². The van der Waals surface area contributed by atoms with E-state index >= 15 is 0 Å². The Morgan fingerprint density at radius 3 is 2.18 bits per heavy atom. The maximum absolute atomic E-state index is 2.38. The van der Waals surface area contributed by atoms with Crippen molar-refractivity contribution in [2.75, 3.05) is 0 Å². The van der Waals surface area contributed by atoms with Crippen LogP contribution in [0, 0.1) is 0 Å². The van der Waals surface area contributed by atoms with Gasteiger partial charge >= 0.3 is 0 Å². The molecule has 0 atom stereocenters. The Morgan fingerprint density at radius 1 is 0.941 bits per heavy atom. The van der Waals surface area contributed by atoms with E-state index in [0.29, 0.717) is 5.92 Å². The number of hydrogen-bond acceptors (Lipinski definition) is 0. The lowest BCUT2D eigenvalue weighted by Crippen LogP contribution is -2.11. The van der Waals surface area contributed by atoms with Gasteiger partial charge in [-0.3, -0.25) is 0 Å². The second kappa shape index (κ2) is 4.18. The zero-order valence-electron chi connectivity index (χ0n) is 11.5. The van der Waals surface area contributed by atoms with Gasteiger partial charge in [-0.25, -0.2) is 0 Å². The van der Waals surface area contributed by atoms with Gasteiger partial charge < -0.3 is 0 Å². The monoisotopic (exact) mass is 226 g/mol. The lowest BCUT2D eigenvalue weighted by molar-refractivity contribution is 0.589. The molecule has 2 rings (SSSR count). The molecule has 0 amide bonds. The molecule has 0 fully saturated rings. The maximum Gasteiger partial charge on any atom is -0.0132 e. The molecule has 0 N–H and O–H groups in total. The average molecular weight is 226 g/mol. The second-order valence-corrected chi connectivity index (χ2v) is 6.19. The van der Waals surface area contributed by atoms with Crippen molar-refractivity contribution in [1.82, 2.24) is 0 Å². The summed E-state index contributed by atoms with van der Waals surface area (Å²) in [5, 5.41) is 2.76. The Morgan fingerprint density at radius 2 is 1.59 bits per heavy atom. The molecule has 0 aromatic heterocycles. The van der Waals surface area contributed by atoms with Gasteiger partial charge in [0.2, 0.25) is 0 Å². The summed E-state index contributed by atoms with van der Waals surface area (Å²) >= 11 is 0. The molecule has 90 valence electrons. The molecular weight excluding hydrogens is 204 g/mol. The highest BCUT2D eigenvalue weighted by Gasteiger charge is 2.16. The minimum absolute atomic E-state index is 0.216. The van der Waals surface area contributed by atoms with Gasteiger partial charge in [-0.05, 0) is 33.2 Å². The first-order chi connectivity index (χ1) is 7.89. The molecule has 17 heavy (non-hydrogen) atoms. The number of fused-ring (bicyclic) bond motifs is 1. The molecule has 0 saturated carbocycles. The fourth-order valence-corrected chi connectivity index (χ4v) is 2.25. The quantitative estimate of drug-likeness (QED) is 0.622. The van der Waals surface area contributed by atoms with E-state index in [4.69, 9.17) is 0 Å². The molecule has 0 nitrogen and oxygen atoms in total. The molecular formula is C17H22. The van der Waals surface area contributed by atoms with Crippen LogP contribution in [0.15, 0.2) is 36.4 Å². The van der Waals surface area contributed by atoms with Crippen LogP contribution in [-0.4, -0.2) is 0 Å². The summed E-state index contributed by atoms with van der Waals surface area (Å²) in [5.74, 6) is 0.571. The van der Waals surface area contributed by atoms with Crippen LogP contribution in [-0.2, 0) is 5.41 Å². The Kier molecular flexibility index (Phi) is 2.99. The van der Waals surface area contributed by atoms with Gasteiger partial charge in [0.05, 0.1) is 0 Å². The van der Waals surface area contributed by atoms with Gasteiger partial charge in [0, 0.05) is 0 Å². The van der Waals surface area contributed by atoms with E-state index in [0.717, 1.165) is 0 Å². The second-order valence-electron chi connectivity index (χ2n) is 6.19. The van der Waals surface area contributed by atoms with Gasteiger partial charge in [0.15, 0.2) is 0 Å². The van der Waals surface area contributed by atoms with Crippen molar-refractivity contribution in [3.63, 3.8) is 0 Å². The Bertz CT molecular complexity index is 527.